The summed E-state index contributed by atoms with van der Waals surface area (Å²) >= 11 is 0. The molecule has 1 N–H and O–H groups in total. The summed E-state index contributed by atoms with van der Waals surface area (Å²) in [5.74, 6) is 1.37. The first-order chi connectivity index (χ1) is 10.6. The first-order valence-corrected chi connectivity index (χ1v) is 8.11. The molecule has 0 saturated carbocycles. The lowest BCUT2D eigenvalue weighted by molar-refractivity contribution is 0.0696. The molecule has 0 radical (unpaired) electrons. The molecule has 0 aliphatic carbocycles. The second kappa shape index (κ2) is 6.31. The standard InChI is InChI=1S/C18H26N2O2/c1-13(21)14-6-8-20(9-7-14)12-15-11-19(2)18-5-4-16(22-3)10-17(15)18/h4-5,10-11,13-14,21H,6-9,12H2,1-3H3/t13-/m0/s1. The Morgan fingerprint density at radius 3 is 2.68 bits per heavy atom. The van der Waals surface area contributed by atoms with Gasteiger partial charge in [0.15, 0.2) is 0 Å². The van der Waals surface area contributed by atoms with Crippen LogP contribution in [0.5, 0.6) is 5.75 Å². The molecule has 0 spiro atoms. The first-order valence-electron chi connectivity index (χ1n) is 8.11. The molecule has 1 aliphatic heterocycles. The van der Waals surface area contributed by atoms with Gasteiger partial charge in [-0.15, -0.1) is 0 Å². The fraction of sp³-hybridized carbons (Fsp3) is 0.556. The van der Waals surface area contributed by atoms with Gasteiger partial charge in [-0.25, -0.2) is 0 Å². The fourth-order valence-corrected chi connectivity index (χ4v) is 3.54. The molecule has 1 aromatic heterocycles. The number of aryl methyl sites for hydroxylation is 1. The number of ether oxygens (including phenoxy) is 1. The summed E-state index contributed by atoms with van der Waals surface area (Å²) in [6, 6.07) is 6.27. The van der Waals surface area contributed by atoms with Crippen LogP contribution in [0, 0.1) is 5.92 Å². The number of methoxy groups -OCH3 is 1. The van der Waals surface area contributed by atoms with E-state index in [4.69, 9.17) is 4.74 Å². The van der Waals surface area contributed by atoms with E-state index in [1.54, 1.807) is 7.11 Å². The average Bonchev–Trinajstić information content (AvgIpc) is 2.83. The van der Waals surface area contributed by atoms with Crippen molar-refractivity contribution in [2.24, 2.45) is 13.0 Å². The Morgan fingerprint density at radius 1 is 1.32 bits per heavy atom. The molecule has 1 aromatic carbocycles. The molecule has 0 bridgehead atoms. The summed E-state index contributed by atoms with van der Waals surface area (Å²) in [5.41, 5.74) is 2.60. The number of piperidine rings is 1. The van der Waals surface area contributed by atoms with Crippen molar-refractivity contribution in [2.45, 2.75) is 32.4 Å². The maximum atomic E-state index is 9.72. The predicted molar refractivity (Wildman–Crippen MR) is 89.2 cm³/mol. The Hall–Kier alpha value is -1.52. The van der Waals surface area contributed by atoms with Crippen LogP contribution in [0.1, 0.15) is 25.3 Å². The number of rotatable bonds is 4. The van der Waals surface area contributed by atoms with E-state index >= 15 is 0 Å². The van der Waals surface area contributed by atoms with Gasteiger partial charge in [0.05, 0.1) is 13.2 Å². The highest BCUT2D eigenvalue weighted by molar-refractivity contribution is 5.85. The number of likely N-dealkylation sites (tertiary alicyclic amines) is 1. The van der Waals surface area contributed by atoms with Crippen LogP contribution < -0.4 is 4.74 Å². The SMILES string of the molecule is COc1ccc2c(c1)c(CN1CCC([C@H](C)O)CC1)cn2C. The highest BCUT2D eigenvalue weighted by Crippen LogP contribution is 2.28. The molecule has 2 heterocycles. The van der Waals surface area contributed by atoms with E-state index in [-0.39, 0.29) is 6.10 Å². The van der Waals surface area contributed by atoms with E-state index in [0.29, 0.717) is 5.92 Å². The third kappa shape index (κ3) is 2.99. The zero-order chi connectivity index (χ0) is 15.7. The van der Waals surface area contributed by atoms with Crippen molar-refractivity contribution in [1.82, 2.24) is 9.47 Å². The van der Waals surface area contributed by atoms with Crippen molar-refractivity contribution in [1.29, 1.82) is 0 Å². The third-order valence-electron chi connectivity index (χ3n) is 4.99. The molecular weight excluding hydrogens is 276 g/mol. The summed E-state index contributed by atoms with van der Waals surface area (Å²) < 4.78 is 7.55. The number of fused-ring (bicyclic) bond motifs is 1. The minimum atomic E-state index is -0.177. The summed E-state index contributed by atoms with van der Waals surface area (Å²) in [5, 5.41) is 11.0. The van der Waals surface area contributed by atoms with E-state index in [1.807, 2.05) is 13.0 Å². The maximum Gasteiger partial charge on any atom is 0.119 e. The lowest BCUT2D eigenvalue weighted by atomic mass is 9.92. The van der Waals surface area contributed by atoms with Crippen molar-refractivity contribution in [3.8, 4) is 5.75 Å². The highest BCUT2D eigenvalue weighted by Gasteiger charge is 2.23. The molecule has 0 amide bonds. The Balaban J connectivity index is 1.77. The number of benzene rings is 1. The highest BCUT2D eigenvalue weighted by atomic mass is 16.5. The van der Waals surface area contributed by atoms with Crippen LogP contribution in [0.15, 0.2) is 24.4 Å². The Morgan fingerprint density at radius 2 is 2.05 bits per heavy atom. The predicted octanol–water partition coefficient (Wildman–Crippen LogP) is 2.78. The van der Waals surface area contributed by atoms with Crippen LogP contribution >= 0.6 is 0 Å². The van der Waals surface area contributed by atoms with E-state index in [2.05, 4.69) is 34.8 Å². The van der Waals surface area contributed by atoms with Crippen molar-refractivity contribution in [2.75, 3.05) is 20.2 Å². The molecule has 4 nitrogen and oxygen atoms in total. The molecule has 2 aromatic rings. The third-order valence-corrected chi connectivity index (χ3v) is 4.99. The molecule has 0 unspecified atom stereocenters. The van der Waals surface area contributed by atoms with Gasteiger partial charge in [-0.1, -0.05) is 0 Å². The smallest absolute Gasteiger partial charge is 0.119 e. The first kappa shape index (κ1) is 15.4. The number of hydrogen-bond acceptors (Lipinski definition) is 3. The molecular formula is C18H26N2O2. The largest absolute Gasteiger partial charge is 0.497 e. The van der Waals surface area contributed by atoms with E-state index in [9.17, 15) is 5.11 Å². The zero-order valence-corrected chi connectivity index (χ0v) is 13.7. The maximum absolute atomic E-state index is 9.72. The molecule has 1 aliphatic rings. The van der Waals surface area contributed by atoms with Crippen LogP contribution in [0.2, 0.25) is 0 Å². The molecule has 1 saturated heterocycles. The van der Waals surface area contributed by atoms with Gasteiger partial charge in [0, 0.05) is 30.7 Å². The van der Waals surface area contributed by atoms with Gasteiger partial charge >= 0.3 is 0 Å². The van der Waals surface area contributed by atoms with Crippen LogP contribution in [-0.4, -0.2) is 40.9 Å². The summed E-state index contributed by atoms with van der Waals surface area (Å²) in [6.07, 6.45) is 4.23. The topological polar surface area (TPSA) is 37.6 Å². The number of aliphatic hydroxyl groups is 1. The quantitative estimate of drug-likeness (QED) is 0.943. The fourth-order valence-electron chi connectivity index (χ4n) is 3.54. The summed E-state index contributed by atoms with van der Waals surface area (Å²) in [6.45, 7) is 5.01. The Kier molecular flexibility index (Phi) is 4.41. The van der Waals surface area contributed by atoms with Gasteiger partial charge in [-0.3, -0.25) is 4.90 Å². The summed E-state index contributed by atoms with van der Waals surface area (Å²) in [4.78, 5) is 2.49. The van der Waals surface area contributed by atoms with Crippen LogP contribution in [0.4, 0.5) is 0 Å². The number of hydrogen-bond donors (Lipinski definition) is 1. The van der Waals surface area contributed by atoms with Gasteiger partial charge in [0.25, 0.3) is 0 Å². The van der Waals surface area contributed by atoms with Gasteiger partial charge < -0.3 is 14.4 Å². The van der Waals surface area contributed by atoms with Gasteiger partial charge in [0.2, 0.25) is 0 Å². The van der Waals surface area contributed by atoms with Gasteiger partial charge in [-0.2, -0.15) is 0 Å². The number of aliphatic hydroxyl groups excluding tert-OH is 1. The van der Waals surface area contributed by atoms with E-state index in [1.165, 1.54) is 16.5 Å². The van der Waals surface area contributed by atoms with Crippen molar-refractivity contribution < 1.29 is 9.84 Å². The number of aromatic nitrogens is 1. The molecule has 4 heteroatoms. The number of nitrogens with zero attached hydrogens (tertiary/aromatic N) is 2. The lowest BCUT2D eigenvalue weighted by Crippen LogP contribution is -2.36. The average molecular weight is 302 g/mol. The van der Waals surface area contributed by atoms with Gasteiger partial charge in [0.1, 0.15) is 5.75 Å². The van der Waals surface area contributed by atoms with Crippen LogP contribution in [0.3, 0.4) is 0 Å². The zero-order valence-electron chi connectivity index (χ0n) is 13.7. The molecule has 3 rings (SSSR count). The monoisotopic (exact) mass is 302 g/mol. The molecule has 1 atom stereocenters. The summed E-state index contributed by atoms with van der Waals surface area (Å²) in [7, 11) is 3.81. The van der Waals surface area contributed by atoms with Crippen molar-refractivity contribution in [3.05, 3.63) is 30.0 Å². The van der Waals surface area contributed by atoms with E-state index < -0.39 is 0 Å². The van der Waals surface area contributed by atoms with Crippen molar-refractivity contribution >= 4 is 10.9 Å². The minimum Gasteiger partial charge on any atom is -0.497 e. The Labute approximate surface area is 132 Å². The van der Waals surface area contributed by atoms with Crippen molar-refractivity contribution in [3.63, 3.8) is 0 Å². The van der Waals surface area contributed by atoms with Gasteiger partial charge in [-0.05, 0) is 62.5 Å². The molecule has 22 heavy (non-hydrogen) atoms. The molecule has 1 fully saturated rings. The Bertz CT molecular complexity index is 640. The van der Waals surface area contributed by atoms with Crippen LogP contribution in [0.25, 0.3) is 10.9 Å². The van der Waals surface area contributed by atoms with Crippen LogP contribution in [-0.2, 0) is 13.6 Å². The molecule has 120 valence electrons. The lowest BCUT2D eigenvalue weighted by Gasteiger charge is -2.33. The minimum absolute atomic E-state index is 0.177. The second-order valence-corrected chi connectivity index (χ2v) is 6.50. The second-order valence-electron chi connectivity index (χ2n) is 6.50. The van der Waals surface area contributed by atoms with E-state index in [0.717, 1.165) is 38.2 Å². The normalized spacial score (nSPS) is 18.7.